The van der Waals surface area contributed by atoms with Gasteiger partial charge in [-0.3, -0.25) is 9.52 Å². The fourth-order valence-electron chi connectivity index (χ4n) is 2.26. The first-order valence-electron chi connectivity index (χ1n) is 8.10. The number of benzene rings is 2. The van der Waals surface area contributed by atoms with Gasteiger partial charge >= 0.3 is 0 Å². The van der Waals surface area contributed by atoms with Crippen LogP contribution in [0.15, 0.2) is 42.5 Å². The molecule has 3 rings (SSSR count). The number of hydrogen-bond acceptors (Lipinski definition) is 5. The number of carbonyl (C=O) groups is 1. The smallest absolute Gasteiger partial charge is 0.255 e. The van der Waals surface area contributed by atoms with E-state index in [2.05, 4.69) is 15.4 Å². The maximum absolute atomic E-state index is 12.4. The third-order valence-electron chi connectivity index (χ3n) is 3.93. The van der Waals surface area contributed by atoms with Crippen molar-refractivity contribution in [3.8, 4) is 5.75 Å². The van der Waals surface area contributed by atoms with Crippen LogP contribution in [0.1, 0.15) is 31.1 Å². The first-order valence-corrected chi connectivity index (χ1v) is 9.58. The lowest BCUT2D eigenvalue weighted by Crippen LogP contribution is -2.33. The third kappa shape index (κ3) is 3.75. The van der Waals surface area contributed by atoms with E-state index in [4.69, 9.17) is 4.74 Å². The van der Waals surface area contributed by atoms with E-state index in [9.17, 15) is 13.2 Å². The highest BCUT2D eigenvalue weighted by Gasteiger charge is 2.28. The number of nitrogens with one attached hydrogen (secondary N) is 3. The van der Waals surface area contributed by atoms with Crippen LogP contribution in [0.4, 0.5) is 17.1 Å². The summed E-state index contributed by atoms with van der Waals surface area (Å²) in [5.74, 6) is 0.465. The molecule has 0 atom stereocenters. The summed E-state index contributed by atoms with van der Waals surface area (Å²) in [6.07, 6.45) is 0. The molecule has 7 nitrogen and oxygen atoms in total. The van der Waals surface area contributed by atoms with Gasteiger partial charge in [0.05, 0.1) is 10.4 Å². The quantitative estimate of drug-likeness (QED) is 0.762. The number of hydrogen-bond donors (Lipinski definition) is 3. The molecule has 0 bridgehead atoms. The second-order valence-electron chi connectivity index (χ2n) is 6.93. The minimum atomic E-state index is -3.51. The van der Waals surface area contributed by atoms with Gasteiger partial charge in [-0.25, -0.2) is 8.42 Å². The number of ether oxygens (including phenoxy) is 1. The summed E-state index contributed by atoms with van der Waals surface area (Å²) in [5, 5.41) is 5.86. The van der Waals surface area contributed by atoms with Gasteiger partial charge in [-0.15, -0.1) is 0 Å². The van der Waals surface area contributed by atoms with Crippen molar-refractivity contribution >= 4 is 33.0 Å². The van der Waals surface area contributed by atoms with Crippen molar-refractivity contribution in [3.05, 3.63) is 48.0 Å². The summed E-state index contributed by atoms with van der Waals surface area (Å²) in [4.78, 5) is 12.4. The van der Waals surface area contributed by atoms with E-state index in [1.165, 1.54) is 0 Å². The molecule has 0 aliphatic carbocycles. The zero-order valence-corrected chi connectivity index (χ0v) is 15.6. The Hall–Kier alpha value is -2.74. The summed E-state index contributed by atoms with van der Waals surface area (Å²) in [7, 11) is -3.51. The Bertz CT molecular complexity index is 932. The molecule has 1 aliphatic heterocycles. The maximum atomic E-state index is 12.4. The molecule has 3 N–H and O–H groups in total. The Morgan fingerprint density at radius 2 is 1.73 bits per heavy atom. The molecule has 0 unspecified atom stereocenters. The second-order valence-corrected chi connectivity index (χ2v) is 9.36. The fraction of sp³-hybridized carbons (Fsp3) is 0.278. The topological polar surface area (TPSA) is 96.5 Å². The predicted octanol–water partition coefficient (Wildman–Crippen LogP) is 3.24. The molecule has 0 saturated carbocycles. The van der Waals surface area contributed by atoms with E-state index in [-0.39, 0.29) is 5.91 Å². The number of fused-ring (bicyclic) bond motifs is 1. The molecule has 1 aliphatic rings. The number of rotatable bonds is 4. The molecule has 138 valence electrons. The summed E-state index contributed by atoms with van der Waals surface area (Å²) in [6.45, 7) is 5.27. The molecule has 1 heterocycles. The molecule has 2 aromatic rings. The first-order chi connectivity index (χ1) is 12.2. The highest BCUT2D eigenvalue weighted by atomic mass is 32.2. The summed E-state index contributed by atoms with van der Waals surface area (Å²) in [6, 6.07) is 11.6. The number of anilines is 3. The van der Waals surface area contributed by atoms with Crippen LogP contribution < -0.4 is 20.1 Å². The Labute approximate surface area is 152 Å². The van der Waals surface area contributed by atoms with Gasteiger partial charge in [0, 0.05) is 16.9 Å². The molecule has 0 radical (unpaired) electrons. The van der Waals surface area contributed by atoms with Gasteiger partial charge in [0.15, 0.2) is 6.73 Å². The van der Waals surface area contributed by atoms with Crippen molar-refractivity contribution < 1.29 is 17.9 Å². The summed E-state index contributed by atoms with van der Waals surface area (Å²) >= 11 is 0. The number of amides is 1. The van der Waals surface area contributed by atoms with Crippen LogP contribution in [0.25, 0.3) is 0 Å². The van der Waals surface area contributed by atoms with E-state index >= 15 is 0 Å². The molecule has 8 heteroatoms. The molecular weight excluding hydrogens is 354 g/mol. The highest BCUT2D eigenvalue weighted by Crippen LogP contribution is 2.31. The third-order valence-corrected chi connectivity index (χ3v) is 6.05. The van der Waals surface area contributed by atoms with Gasteiger partial charge < -0.3 is 15.4 Å². The fourth-order valence-corrected chi connectivity index (χ4v) is 3.02. The molecule has 0 spiro atoms. The molecule has 1 amide bonds. The molecule has 0 saturated heterocycles. The van der Waals surface area contributed by atoms with Crippen LogP contribution in [0, 0.1) is 0 Å². The van der Waals surface area contributed by atoms with Gasteiger partial charge in [0.2, 0.25) is 10.0 Å². The minimum Gasteiger partial charge on any atom is -0.471 e. The van der Waals surface area contributed by atoms with Crippen LogP contribution in [-0.4, -0.2) is 25.8 Å². The normalized spacial score (nSPS) is 13.3. The lowest BCUT2D eigenvalue weighted by molar-refractivity contribution is 0.102. The molecule has 2 aromatic carbocycles. The molecule has 0 aromatic heterocycles. The standard InChI is InChI=1S/C18H21N3O4S/c1-18(2,3)26(23,24)21-13-6-4-12(5-7-13)17(22)20-14-8-9-16-15(10-14)19-11-25-16/h4-10,19,21H,11H2,1-3H3,(H,20,22). The van der Waals surface area contributed by atoms with Gasteiger partial charge in [-0.2, -0.15) is 0 Å². The van der Waals surface area contributed by atoms with Crippen molar-refractivity contribution in [2.45, 2.75) is 25.5 Å². The van der Waals surface area contributed by atoms with Crippen LogP contribution in [0.2, 0.25) is 0 Å². The van der Waals surface area contributed by atoms with Crippen molar-refractivity contribution in [2.75, 3.05) is 22.1 Å². The Balaban J connectivity index is 1.69. The van der Waals surface area contributed by atoms with E-state index < -0.39 is 14.8 Å². The highest BCUT2D eigenvalue weighted by molar-refractivity contribution is 7.94. The molecular formula is C18H21N3O4S. The molecule has 0 fully saturated rings. The predicted molar refractivity (Wildman–Crippen MR) is 102 cm³/mol. The lowest BCUT2D eigenvalue weighted by atomic mass is 10.2. The minimum absolute atomic E-state index is 0.283. The van der Waals surface area contributed by atoms with E-state index in [0.717, 1.165) is 11.4 Å². The zero-order chi connectivity index (χ0) is 18.9. The average Bonchev–Trinajstić information content (AvgIpc) is 3.01. The van der Waals surface area contributed by atoms with Gasteiger partial charge in [-0.05, 0) is 63.2 Å². The summed E-state index contributed by atoms with van der Waals surface area (Å²) in [5.41, 5.74) is 2.31. The van der Waals surface area contributed by atoms with Crippen LogP contribution >= 0.6 is 0 Å². The summed E-state index contributed by atoms with van der Waals surface area (Å²) < 4.78 is 31.3. The monoisotopic (exact) mass is 375 g/mol. The van der Waals surface area contributed by atoms with Crippen LogP contribution in [0.5, 0.6) is 5.75 Å². The number of sulfonamides is 1. The van der Waals surface area contributed by atoms with E-state index in [0.29, 0.717) is 23.7 Å². The zero-order valence-electron chi connectivity index (χ0n) is 14.8. The largest absolute Gasteiger partial charge is 0.471 e. The van der Waals surface area contributed by atoms with Gasteiger partial charge in [0.25, 0.3) is 5.91 Å². The SMILES string of the molecule is CC(C)(C)S(=O)(=O)Nc1ccc(C(=O)Nc2ccc3c(c2)NCO3)cc1. The van der Waals surface area contributed by atoms with Crippen LogP contribution in [-0.2, 0) is 10.0 Å². The van der Waals surface area contributed by atoms with E-state index in [1.807, 2.05) is 0 Å². The Morgan fingerprint density at radius 1 is 1.08 bits per heavy atom. The van der Waals surface area contributed by atoms with Gasteiger partial charge in [-0.1, -0.05) is 0 Å². The maximum Gasteiger partial charge on any atom is 0.255 e. The van der Waals surface area contributed by atoms with Crippen molar-refractivity contribution in [3.63, 3.8) is 0 Å². The van der Waals surface area contributed by atoms with Crippen molar-refractivity contribution in [2.24, 2.45) is 0 Å². The van der Waals surface area contributed by atoms with Gasteiger partial charge in [0.1, 0.15) is 5.75 Å². The Kier molecular flexibility index (Phi) is 4.53. The molecule has 26 heavy (non-hydrogen) atoms. The first kappa shape index (κ1) is 18.1. The van der Waals surface area contributed by atoms with Crippen molar-refractivity contribution in [1.29, 1.82) is 0 Å². The number of carbonyl (C=O) groups excluding carboxylic acids is 1. The van der Waals surface area contributed by atoms with Crippen LogP contribution in [0.3, 0.4) is 0 Å². The van der Waals surface area contributed by atoms with Crippen molar-refractivity contribution in [1.82, 2.24) is 0 Å². The van der Waals surface area contributed by atoms with E-state index in [1.54, 1.807) is 63.2 Å². The Morgan fingerprint density at radius 3 is 2.38 bits per heavy atom. The second kappa shape index (κ2) is 6.53. The average molecular weight is 375 g/mol. The lowest BCUT2D eigenvalue weighted by Gasteiger charge is -2.20.